The van der Waals surface area contributed by atoms with E-state index in [1.165, 1.54) is 0 Å². The maximum atomic E-state index is 11.8. The van der Waals surface area contributed by atoms with Crippen LogP contribution in [0, 0.1) is 5.92 Å². The molecule has 0 bridgehead atoms. The number of rotatable bonds is 3. The molecule has 0 spiro atoms. The van der Waals surface area contributed by atoms with E-state index in [0.29, 0.717) is 12.0 Å². The maximum absolute atomic E-state index is 11.8. The van der Waals surface area contributed by atoms with E-state index >= 15 is 0 Å². The summed E-state index contributed by atoms with van der Waals surface area (Å²) in [5.74, 6) is 0.647. The fourth-order valence-corrected chi connectivity index (χ4v) is 2.32. The fourth-order valence-electron chi connectivity index (χ4n) is 2.32. The summed E-state index contributed by atoms with van der Waals surface area (Å²) in [6.45, 7) is 3.90. The number of carbonyl (C=O) groups is 1. The van der Waals surface area contributed by atoms with Gasteiger partial charge in [0.25, 0.3) is 0 Å². The molecule has 0 N–H and O–H groups in total. The third-order valence-corrected chi connectivity index (χ3v) is 3.89. The van der Waals surface area contributed by atoms with Crippen molar-refractivity contribution in [2.75, 3.05) is 14.2 Å². The number of hydrogen-bond donors (Lipinski definition) is 0. The quantitative estimate of drug-likeness (QED) is 0.580. The molecule has 19 heavy (non-hydrogen) atoms. The van der Waals surface area contributed by atoms with Crippen molar-refractivity contribution in [3.8, 4) is 0 Å². The van der Waals surface area contributed by atoms with Gasteiger partial charge in [0.15, 0.2) is 0 Å². The molecule has 0 saturated carbocycles. The van der Waals surface area contributed by atoms with Gasteiger partial charge in [-0.05, 0) is 31.2 Å². The van der Waals surface area contributed by atoms with Crippen LogP contribution in [0.3, 0.4) is 0 Å². The zero-order valence-corrected chi connectivity index (χ0v) is 11.8. The summed E-state index contributed by atoms with van der Waals surface area (Å²) in [7, 11) is 3.27. The van der Waals surface area contributed by atoms with Gasteiger partial charge in [0.05, 0.1) is 7.11 Å². The number of carbonyl (C=O) groups excluding carboxylic acids is 1. The highest BCUT2D eigenvalue weighted by molar-refractivity contribution is 5.91. The van der Waals surface area contributed by atoms with E-state index in [2.05, 4.69) is 0 Å². The first-order chi connectivity index (χ1) is 9.01. The minimum Gasteiger partial charge on any atom is -0.497 e. The third-order valence-electron chi connectivity index (χ3n) is 3.89. The number of ether oxygens (including phenoxy) is 3. The van der Waals surface area contributed by atoms with Crippen LogP contribution < -0.4 is 0 Å². The molecule has 4 nitrogen and oxygen atoms in total. The molecule has 4 heteroatoms. The lowest BCUT2D eigenvalue weighted by Gasteiger charge is -2.28. The van der Waals surface area contributed by atoms with Gasteiger partial charge in [-0.2, -0.15) is 0 Å². The molecule has 1 aliphatic carbocycles. The zero-order valence-electron chi connectivity index (χ0n) is 11.8. The lowest BCUT2D eigenvalue weighted by atomic mass is 9.88. The van der Waals surface area contributed by atoms with Crippen molar-refractivity contribution in [1.29, 1.82) is 0 Å². The van der Waals surface area contributed by atoms with Crippen LogP contribution in [0.4, 0.5) is 0 Å². The van der Waals surface area contributed by atoms with Crippen LogP contribution >= 0.6 is 0 Å². The van der Waals surface area contributed by atoms with E-state index in [1.807, 2.05) is 38.2 Å². The maximum Gasteiger partial charge on any atom is 0.334 e. The Morgan fingerprint density at radius 2 is 2.16 bits per heavy atom. The first-order valence-electron chi connectivity index (χ1n) is 6.43. The van der Waals surface area contributed by atoms with Crippen molar-refractivity contribution in [2.45, 2.75) is 32.0 Å². The summed E-state index contributed by atoms with van der Waals surface area (Å²) in [6.07, 6.45) is 8.17. The number of cyclic esters (lactones) is 1. The van der Waals surface area contributed by atoms with Crippen LogP contribution in [-0.2, 0) is 19.0 Å². The average molecular weight is 264 g/mol. The average Bonchev–Trinajstić information content (AvgIpc) is 2.66. The normalized spacial score (nSPS) is 36.3. The van der Waals surface area contributed by atoms with Crippen LogP contribution in [0.15, 0.2) is 35.6 Å². The summed E-state index contributed by atoms with van der Waals surface area (Å²) in [5, 5.41) is 0. The number of esters is 1. The van der Waals surface area contributed by atoms with Gasteiger partial charge in [0.2, 0.25) is 0 Å². The second-order valence-electron chi connectivity index (χ2n) is 5.01. The molecule has 2 aliphatic rings. The Bertz CT molecular complexity index is 461. The predicted molar refractivity (Wildman–Crippen MR) is 71.4 cm³/mol. The number of allylic oxidation sites excluding steroid dienone is 1. The molecule has 1 aliphatic heterocycles. The highest BCUT2D eigenvalue weighted by atomic mass is 16.6. The van der Waals surface area contributed by atoms with Crippen molar-refractivity contribution < 1.29 is 19.0 Å². The van der Waals surface area contributed by atoms with Crippen LogP contribution in [0.2, 0.25) is 0 Å². The van der Waals surface area contributed by atoms with Crippen LogP contribution in [0.5, 0.6) is 0 Å². The molecule has 0 amide bonds. The van der Waals surface area contributed by atoms with Gasteiger partial charge >= 0.3 is 5.97 Å². The summed E-state index contributed by atoms with van der Waals surface area (Å²) < 4.78 is 16.0. The Hall–Kier alpha value is -1.55. The largest absolute Gasteiger partial charge is 0.497 e. The molecule has 0 aromatic rings. The number of hydrogen-bond acceptors (Lipinski definition) is 4. The molecule has 0 radical (unpaired) electrons. The Morgan fingerprint density at radius 3 is 2.58 bits per heavy atom. The minimum atomic E-state index is -0.589. The lowest BCUT2D eigenvalue weighted by Crippen LogP contribution is -2.29. The van der Waals surface area contributed by atoms with Crippen molar-refractivity contribution >= 4 is 5.97 Å². The third kappa shape index (κ3) is 2.59. The molecule has 0 aromatic carbocycles. The highest BCUT2D eigenvalue weighted by Gasteiger charge is 2.37. The second-order valence-corrected chi connectivity index (χ2v) is 5.01. The molecular weight excluding hydrogens is 244 g/mol. The van der Waals surface area contributed by atoms with Crippen molar-refractivity contribution in [2.24, 2.45) is 5.92 Å². The SMILES string of the molecule is COC1=CCC(C=C2C(=O)OC(C)C2C)(OC)C=C1. The van der Waals surface area contributed by atoms with E-state index in [4.69, 9.17) is 14.2 Å². The first-order valence-corrected chi connectivity index (χ1v) is 6.43. The molecule has 3 atom stereocenters. The summed E-state index contributed by atoms with van der Waals surface area (Å²) >= 11 is 0. The molecular formula is C15H20O4. The van der Waals surface area contributed by atoms with Gasteiger partial charge in [0, 0.05) is 25.0 Å². The van der Waals surface area contributed by atoms with E-state index in [0.717, 1.165) is 5.76 Å². The van der Waals surface area contributed by atoms with Gasteiger partial charge in [0.1, 0.15) is 17.5 Å². The van der Waals surface area contributed by atoms with E-state index in [1.54, 1.807) is 14.2 Å². The Kier molecular flexibility index (Phi) is 3.80. The van der Waals surface area contributed by atoms with Gasteiger partial charge in [-0.25, -0.2) is 4.79 Å². The minimum absolute atomic E-state index is 0.0784. The molecule has 2 rings (SSSR count). The highest BCUT2D eigenvalue weighted by Crippen LogP contribution is 2.33. The molecule has 1 saturated heterocycles. The molecule has 0 aromatic heterocycles. The van der Waals surface area contributed by atoms with Gasteiger partial charge in [-0.1, -0.05) is 6.92 Å². The Morgan fingerprint density at radius 1 is 1.42 bits per heavy atom. The smallest absolute Gasteiger partial charge is 0.334 e. The Labute approximate surface area is 113 Å². The fraction of sp³-hybridized carbons (Fsp3) is 0.533. The lowest BCUT2D eigenvalue weighted by molar-refractivity contribution is -0.138. The van der Waals surface area contributed by atoms with Crippen molar-refractivity contribution in [3.63, 3.8) is 0 Å². The van der Waals surface area contributed by atoms with Crippen LogP contribution in [0.25, 0.3) is 0 Å². The Balaban J connectivity index is 2.28. The topological polar surface area (TPSA) is 44.8 Å². The summed E-state index contributed by atoms with van der Waals surface area (Å²) in [6, 6.07) is 0. The second kappa shape index (κ2) is 5.21. The van der Waals surface area contributed by atoms with E-state index in [-0.39, 0.29) is 18.0 Å². The van der Waals surface area contributed by atoms with Crippen LogP contribution in [0.1, 0.15) is 20.3 Å². The molecule has 1 heterocycles. The zero-order chi connectivity index (χ0) is 14.0. The molecule has 3 unspecified atom stereocenters. The number of methoxy groups -OCH3 is 2. The van der Waals surface area contributed by atoms with Crippen LogP contribution in [-0.4, -0.2) is 31.9 Å². The van der Waals surface area contributed by atoms with Crippen molar-refractivity contribution in [1.82, 2.24) is 0 Å². The molecule has 104 valence electrons. The summed E-state index contributed by atoms with van der Waals surface area (Å²) in [5.41, 5.74) is 0.0996. The standard InChI is InChI=1S/C15H20O4/c1-10-11(2)19-14(16)13(10)9-15(18-4)7-5-12(17-3)6-8-15/h5-7,9-11H,8H2,1-4H3. The predicted octanol–water partition coefficient (Wildman–Crippen LogP) is 2.37. The molecule has 1 fully saturated rings. The van der Waals surface area contributed by atoms with Gasteiger partial charge in [-0.3, -0.25) is 0 Å². The van der Waals surface area contributed by atoms with Gasteiger partial charge < -0.3 is 14.2 Å². The van der Waals surface area contributed by atoms with E-state index in [9.17, 15) is 4.79 Å². The van der Waals surface area contributed by atoms with Crippen molar-refractivity contribution in [3.05, 3.63) is 35.6 Å². The van der Waals surface area contributed by atoms with E-state index < -0.39 is 5.60 Å². The first kappa shape index (κ1) is 13.9. The monoisotopic (exact) mass is 264 g/mol. The summed E-state index contributed by atoms with van der Waals surface area (Å²) in [4.78, 5) is 11.8. The van der Waals surface area contributed by atoms with Gasteiger partial charge in [-0.15, -0.1) is 0 Å².